The number of aliphatic hydroxyl groups is 1. The van der Waals surface area contributed by atoms with Crippen LogP contribution in [-0.2, 0) is 13.2 Å². The zero-order valence-corrected chi connectivity index (χ0v) is 12.0. The molecule has 0 spiro atoms. The molecule has 3 aromatic rings. The van der Waals surface area contributed by atoms with Crippen LogP contribution in [0.5, 0.6) is 5.88 Å². The van der Waals surface area contributed by atoms with Crippen LogP contribution >= 0.6 is 11.6 Å². The number of ether oxygens (including phenoxy) is 1. The Morgan fingerprint density at radius 3 is 2.57 bits per heavy atom. The molecular formula is C17H14ClNO2. The number of para-hydroxylation sites is 1. The molecule has 0 aliphatic heterocycles. The Hall–Kier alpha value is -2.10. The number of nitrogens with zero attached hydrogens (tertiary/aromatic N) is 1. The van der Waals surface area contributed by atoms with Crippen molar-refractivity contribution in [3.05, 3.63) is 70.7 Å². The van der Waals surface area contributed by atoms with E-state index in [4.69, 9.17) is 16.3 Å². The summed E-state index contributed by atoms with van der Waals surface area (Å²) in [5.41, 5.74) is 2.64. The van der Waals surface area contributed by atoms with Gasteiger partial charge in [-0.1, -0.05) is 41.9 Å². The van der Waals surface area contributed by atoms with Crippen molar-refractivity contribution < 1.29 is 9.84 Å². The molecule has 0 aliphatic rings. The lowest BCUT2D eigenvalue weighted by atomic mass is 10.1. The maximum Gasteiger partial charge on any atom is 0.214 e. The number of hydrogen-bond acceptors (Lipinski definition) is 3. The van der Waals surface area contributed by atoms with E-state index in [1.54, 1.807) is 6.07 Å². The minimum atomic E-state index is -0.0413. The van der Waals surface area contributed by atoms with Crippen LogP contribution in [-0.4, -0.2) is 10.1 Å². The monoisotopic (exact) mass is 299 g/mol. The number of rotatable bonds is 4. The second-order valence-corrected chi connectivity index (χ2v) is 5.15. The maximum atomic E-state index is 9.48. The van der Waals surface area contributed by atoms with Gasteiger partial charge in [-0.25, -0.2) is 4.98 Å². The van der Waals surface area contributed by atoms with Gasteiger partial charge in [0.2, 0.25) is 5.88 Å². The molecule has 4 heteroatoms. The lowest BCUT2D eigenvalue weighted by Gasteiger charge is -2.09. The van der Waals surface area contributed by atoms with E-state index in [0.29, 0.717) is 17.5 Å². The number of pyridine rings is 1. The van der Waals surface area contributed by atoms with Crippen LogP contribution < -0.4 is 4.74 Å². The molecule has 21 heavy (non-hydrogen) atoms. The fourth-order valence-corrected chi connectivity index (χ4v) is 2.29. The van der Waals surface area contributed by atoms with Crippen LogP contribution in [0.2, 0.25) is 5.02 Å². The third-order valence-corrected chi connectivity index (χ3v) is 3.50. The Morgan fingerprint density at radius 2 is 1.81 bits per heavy atom. The highest BCUT2D eigenvalue weighted by Crippen LogP contribution is 2.22. The molecule has 3 nitrogen and oxygen atoms in total. The van der Waals surface area contributed by atoms with Gasteiger partial charge in [-0.05, 0) is 29.3 Å². The minimum absolute atomic E-state index is 0.0413. The van der Waals surface area contributed by atoms with Gasteiger partial charge in [-0.2, -0.15) is 0 Å². The van der Waals surface area contributed by atoms with E-state index < -0.39 is 0 Å². The highest BCUT2D eigenvalue weighted by molar-refractivity contribution is 6.30. The highest BCUT2D eigenvalue weighted by Gasteiger charge is 2.06. The number of hydrogen-bond donors (Lipinski definition) is 1. The molecule has 0 bridgehead atoms. The highest BCUT2D eigenvalue weighted by atomic mass is 35.5. The Balaban J connectivity index is 1.85. The average Bonchev–Trinajstić information content (AvgIpc) is 2.53. The van der Waals surface area contributed by atoms with Crippen molar-refractivity contribution in [2.24, 2.45) is 0 Å². The standard InChI is InChI=1S/C17H14ClNO2/c18-14-7-5-12(6-8-14)11-21-17-9-13(10-20)15-3-1-2-4-16(15)19-17/h1-9,20H,10-11H2. The summed E-state index contributed by atoms with van der Waals surface area (Å²) < 4.78 is 5.72. The van der Waals surface area contributed by atoms with Gasteiger partial charge in [0.15, 0.2) is 0 Å². The van der Waals surface area contributed by atoms with Crippen LogP contribution in [0.1, 0.15) is 11.1 Å². The molecule has 3 rings (SSSR count). The lowest BCUT2D eigenvalue weighted by Crippen LogP contribution is -1.99. The maximum absolute atomic E-state index is 9.48. The number of benzene rings is 2. The summed E-state index contributed by atoms with van der Waals surface area (Å²) in [7, 11) is 0. The van der Waals surface area contributed by atoms with Crippen LogP contribution in [0.15, 0.2) is 54.6 Å². The second-order valence-electron chi connectivity index (χ2n) is 4.71. The van der Waals surface area contributed by atoms with Crippen molar-refractivity contribution in [2.45, 2.75) is 13.2 Å². The summed E-state index contributed by atoms with van der Waals surface area (Å²) in [6.07, 6.45) is 0. The summed E-state index contributed by atoms with van der Waals surface area (Å²) in [6, 6.07) is 16.9. The van der Waals surface area contributed by atoms with Crippen molar-refractivity contribution in [1.29, 1.82) is 0 Å². The third-order valence-electron chi connectivity index (χ3n) is 3.25. The van der Waals surface area contributed by atoms with Crippen molar-refractivity contribution in [2.75, 3.05) is 0 Å². The largest absolute Gasteiger partial charge is 0.473 e. The normalized spacial score (nSPS) is 10.8. The van der Waals surface area contributed by atoms with E-state index in [9.17, 15) is 5.11 Å². The molecule has 0 radical (unpaired) electrons. The van der Waals surface area contributed by atoms with Crippen LogP contribution in [0.3, 0.4) is 0 Å². The van der Waals surface area contributed by atoms with Gasteiger partial charge in [-0.3, -0.25) is 0 Å². The number of halogens is 1. The Kier molecular flexibility index (Phi) is 4.04. The number of fused-ring (bicyclic) bond motifs is 1. The van der Waals surface area contributed by atoms with Crippen molar-refractivity contribution >= 4 is 22.5 Å². The van der Waals surface area contributed by atoms with Crippen molar-refractivity contribution in [3.63, 3.8) is 0 Å². The van der Waals surface area contributed by atoms with E-state index in [0.717, 1.165) is 22.0 Å². The van der Waals surface area contributed by atoms with E-state index >= 15 is 0 Å². The fourth-order valence-electron chi connectivity index (χ4n) is 2.16. The van der Waals surface area contributed by atoms with Crippen LogP contribution in [0, 0.1) is 0 Å². The van der Waals surface area contributed by atoms with Crippen molar-refractivity contribution in [3.8, 4) is 5.88 Å². The second kappa shape index (κ2) is 6.12. The molecule has 0 fully saturated rings. The van der Waals surface area contributed by atoms with Gasteiger partial charge in [0, 0.05) is 16.5 Å². The zero-order valence-electron chi connectivity index (χ0n) is 11.3. The van der Waals surface area contributed by atoms with E-state index in [1.807, 2.05) is 48.5 Å². The molecule has 0 saturated heterocycles. The van der Waals surface area contributed by atoms with Gasteiger partial charge >= 0.3 is 0 Å². The lowest BCUT2D eigenvalue weighted by molar-refractivity contribution is 0.277. The molecule has 0 atom stereocenters. The molecule has 106 valence electrons. The van der Waals surface area contributed by atoms with E-state index in [2.05, 4.69) is 4.98 Å². The Bertz CT molecular complexity index is 756. The molecule has 0 amide bonds. The molecule has 1 N–H and O–H groups in total. The third kappa shape index (κ3) is 3.15. The van der Waals surface area contributed by atoms with Crippen molar-refractivity contribution in [1.82, 2.24) is 4.98 Å². The first-order valence-electron chi connectivity index (χ1n) is 6.63. The quantitative estimate of drug-likeness (QED) is 0.793. The van der Waals surface area contributed by atoms with Crippen LogP contribution in [0.25, 0.3) is 10.9 Å². The molecule has 2 aromatic carbocycles. The minimum Gasteiger partial charge on any atom is -0.473 e. The predicted molar refractivity (Wildman–Crippen MR) is 83.4 cm³/mol. The van der Waals surface area contributed by atoms with E-state index in [1.165, 1.54) is 0 Å². The summed E-state index contributed by atoms with van der Waals surface area (Å²) in [4.78, 5) is 4.46. The van der Waals surface area contributed by atoms with Gasteiger partial charge in [0.25, 0.3) is 0 Å². The average molecular weight is 300 g/mol. The van der Waals surface area contributed by atoms with Gasteiger partial charge in [-0.15, -0.1) is 0 Å². The summed E-state index contributed by atoms with van der Waals surface area (Å²) in [5.74, 6) is 0.507. The Morgan fingerprint density at radius 1 is 1.05 bits per heavy atom. The summed E-state index contributed by atoms with van der Waals surface area (Å²) in [6.45, 7) is 0.369. The molecule has 1 aromatic heterocycles. The van der Waals surface area contributed by atoms with Gasteiger partial charge in [0.1, 0.15) is 6.61 Å². The van der Waals surface area contributed by atoms with E-state index in [-0.39, 0.29) is 6.61 Å². The molecule has 0 aliphatic carbocycles. The molecule has 0 unspecified atom stereocenters. The smallest absolute Gasteiger partial charge is 0.214 e. The SMILES string of the molecule is OCc1cc(OCc2ccc(Cl)cc2)nc2ccccc12. The Labute approximate surface area is 127 Å². The molecule has 1 heterocycles. The van der Waals surface area contributed by atoms with Crippen LogP contribution in [0.4, 0.5) is 0 Å². The first kappa shape index (κ1) is 13.9. The topological polar surface area (TPSA) is 42.4 Å². The van der Waals surface area contributed by atoms with Gasteiger partial charge < -0.3 is 9.84 Å². The number of aliphatic hydroxyl groups excluding tert-OH is 1. The molecular weight excluding hydrogens is 286 g/mol. The first-order chi connectivity index (χ1) is 10.3. The predicted octanol–water partition coefficient (Wildman–Crippen LogP) is 3.96. The fraction of sp³-hybridized carbons (Fsp3) is 0.118. The first-order valence-corrected chi connectivity index (χ1v) is 7.01. The summed E-state index contributed by atoms with van der Waals surface area (Å²) in [5, 5.41) is 11.1. The summed E-state index contributed by atoms with van der Waals surface area (Å²) >= 11 is 5.85. The zero-order chi connectivity index (χ0) is 14.7. The molecule has 0 saturated carbocycles. The number of aromatic nitrogens is 1. The van der Waals surface area contributed by atoms with Gasteiger partial charge in [0.05, 0.1) is 12.1 Å².